The van der Waals surface area contributed by atoms with E-state index in [2.05, 4.69) is 13.8 Å². The van der Waals surface area contributed by atoms with Crippen molar-refractivity contribution in [2.24, 2.45) is 0 Å². The van der Waals surface area contributed by atoms with Crippen LogP contribution in [0.4, 0.5) is 0 Å². The van der Waals surface area contributed by atoms with Gasteiger partial charge in [0.25, 0.3) is 0 Å². The minimum absolute atomic E-state index is 0. The summed E-state index contributed by atoms with van der Waals surface area (Å²) in [5.74, 6) is 0. The third kappa shape index (κ3) is 22.1. The molecule has 0 spiro atoms. The fourth-order valence-electron chi connectivity index (χ4n) is 4.00. The van der Waals surface area contributed by atoms with Gasteiger partial charge in [-0.2, -0.15) is 0 Å². The smallest absolute Gasteiger partial charge is 0.748 e. The molecule has 0 rings (SSSR count). The summed E-state index contributed by atoms with van der Waals surface area (Å²) in [6.07, 6.45) is 20.4. The Kier molecular flexibility index (Phi) is 25.4. The molecule has 0 saturated heterocycles. The van der Waals surface area contributed by atoms with Crippen LogP contribution in [0.25, 0.3) is 0 Å². The van der Waals surface area contributed by atoms with Gasteiger partial charge in [-0.25, -0.2) is 8.42 Å². The summed E-state index contributed by atoms with van der Waals surface area (Å²) in [6.45, 7) is 4.42. The molecule has 0 radical (unpaired) electrons. The third-order valence-electron chi connectivity index (χ3n) is 5.99. The molecule has 0 aliphatic heterocycles. The van der Waals surface area contributed by atoms with Crippen LogP contribution in [0, 0.1) is 0 Å². The van der Waals surface area contributed by atoms with E-state index in [1.54, 1.807) is 0 Å². The Morgan fingerprint density at radius 3 is 1.30 bits per heavy atom. The molecule has 0 aliphatic rings. The monoisotopic (exact) mass is 456 g/mol. The van der Waals surface area contributed by atoms with Gasteiger partial charge >= 0.3 is 29.6 Å². The molecule has 30 heavy (non-hydrogen) atoms. The van der Waals surface area contributed by atoms with Gasteiger partial charge in [-0.1, -0.05) is 117 Å². The Balaban J connectivity index is 0. The molecule has 0 aliphatic carbocycles. The largest absolute Gasteiger partial charge is 1.00 e. The van der Waals surface area contributed by atoms with Crippen LogP contribution in [0.3, 0.4) is 0 Å². The van der Waals surface area contributed by atoms with E-state index in [4.69, 9.17) is 0 Å². The zero-order valence-corrected chi connectivity index (χ0v) is 23.2. The maximum Gasteiger partial charge on any atom is 1.00 e. The van der Waals surface area contributed by atoms with E-state index in [0.29, 0.717) is 12.8 Å². The van der Waals surface area contributed by atoms with Gasteiger partial charge in [-0.3, -0.25) is 0 Å². The van der Waals surface area contributed by atoms with Crippen LogP contribution in [0.1, 0.15) is 142 Å². The fourth-order valence-corrected chi connectivity index (χ4v) is 4.91. The van der Waals surface area contributed by atoms with E-state index in [1.165, 1.54) is 64.2 Å². The van der Waals surface area contributed by atoms with Gasteiger partial charge in [0, 0.05) is 5.25 Å². The minimum Gasteiger partial charge on any atom is -0.748 e. The van der Waals surface area contributed by atoms with E-state index < -0.39 is 15.4 Å². The molecule has 1 N–H and O–H groups in total. The standard InChI is InChI=1S/C24H50O4S.Na/c1-3-5-7-9-11-13-15-19-23(25)20-17-18-22-24(29(26,27)28)21-16-14-12-10-8-6-4-2;/h23-25H,3-22H2,1-2H3,(H,26,27,28);/q;+1/p-1. The van der Waals surface area contributed by atoms with E-state index in [0.717, 1.165) is 51.4 Å². The van der Waals surface area contributed by atoms with Crippen molar-refractivity contribution in [3.63, 3.8) is 0 Å². The van der Waals surface area contributed by atoms with Crippen LogP contribution in [-0.2, 0) is 10.1 Å². The van der Waals surface area contributed by atoms with Crippen LogP contribution in [-0.4, -0.2) is 29.4 Å². The first-order valence-corrected chi connectivity index (χ1v) is 14.0. The van der Waals surface area contributed by atoms with Crippen molar-refractivity contribution in [2.75, 3.05) is 0 Å². The van der Waals surface area contributed by atoms with Crippen LogP contribution in [0.15, 0.2) is 0 Å². The molecular weight excluding hydrogens is 407 g/mol. The summed E-state index contributed by atoms with van der Waals surface area (Å²) in [4.78, 5) is 0. The summed E-state index contributed by atoms with van der Waals surface area (Å²) in [5.41, 5.74) is 0. The first-order chi connectivity index (χ1) is 13.9. The zero-order valence-electron chi connectivity index (χ0n) is 20.4. The van der Waals surface area contributed by atoms with E-state index in [9.17, 15) is 18.1 Å². The van der Waals surface area contributed by atoms with Gasteiger partial charge in [0.1, 0.15) is 0 Å². The quantitative estimate of drug-likeness (QED) is 0.151. The Morgan fingerprint density at radius 2 is 0.900 bits per heavy atom. The van der Waals surface area contributed by atoms with E-state index in [1.807, 2.05) is 0 Å². The van der Waals surface area contributed by atoms with Crippen molar-refractivity contribution < 1.29 is 47.6 Å². The van der Waals surface area contributed by atoms with Gasteiger partial charge in [0.05, 0.1) is 16.2 Å². The second-order valence-electron chi connectivity index (χ2n) is 8.87. The molecule has 6 heteroatoms. The van der Waals surface area contributed by atoms with Crippen molar-refractivity contribution in [1.29, 1.82) is 0 Å². The molecule has 2 atom stereocenters. The minimum atomic E-state index is -4.21. The topological polar surface area (TPSA) is 77.4 Å². The summed E-state index contributed by atoms with van der Waals surface area (Å²) < 4.78 is 34.6. The van der Waals surface area contributed by atoms with Crippen LogP contribution < -0.4 is 29.6 Å². The SMILES string of the molecule is CCCCCCCCCC(O)CCCCC(CCCCCCCCC)S(=O)(=O)[O-].[Na+]. The third-order valence-corrected chi connectivity index (χ3v) is 7.28. The fraction of sp³-hybridized carbons (Fsp3) is 1.00. The molecule has 0 aromatic carbocycles. The Bertz CT molecular complexity index is 442. The summed E-state index contributed by atoms with van der Waals surface area (Å²) in [7, 11) is -4.21. The Hall–Kier alpha value is 0.870. The molecule has 0 aromatic heterocycles. The van der Waals surface area contributed by atoms with Gasteiger partial charge in [0.15, 0.2) is 0 Å². The second-order valence-corrected chi connectivity index (χ2v) is 10.5. The molecule has 0 saturated carbocycles. The maximum absolute atomic E-state index is 11.5. The van der Waals surface area contributed by atoms with E-state index >= 15 is 0 Å². The number of hydrogen-bond acceptors (Lipinski definition) is 4. The molecule has 4 nitrogen and oxygen atoms in total. The average Bonchev–Trinajstić information content (AvgIpc) is 2.67. The van der Waals surface area contributed by atoms with Crippen LogP contribution in [0.5, 0.6) is 0 Å². The van der Waals surface area contributed by atoms with E-state index in [-0.39, 0.29) is 35.7 Å². The molecule has 0 aromatic rings. The molecule has 2 unspecified atom stereocenters. The molecule has 176 valence electrons. The first kappa shape index (κ1) is 33.0. The number of aliphatic hydroxyl groups excluding tert-OH is 1. The van der Waals surface area contributed by atoms with Crippen molar-refractivity contribution >= 4 is 10.1 Å². The predicted molar refractivity (Wildman–Crippen MR) is 123 cm³/mol. The number of unbranched alkanes of at least 4 members (excludes halogenated alkanes) is 13. The van der Waals surface area contributed by atoms with Gasteiger partial charge < -0.3 is 9.66 Å². The second kappa shape index (κ2) is 23.0. The van der Waals surface area contributed by atoms with Crippen molar-refractivity contribution in [3.8, 4) is 0 Å². The molecule has 0 heterocycles. The normalized spacial score (nSPS) is 13.7. The average molecular weight is 457 g/mol. The van der Waals surface area contributed by atoms with Gasteiger partial charge in [0.2, 0.25) is 0 Å². The zero-order chi connectivity index (χ0) is 21.8. The Labute approximate surface area is 210 Å². The van der Waals surface area contributed by atoms with Crippen molar-refractivity contribution in [3.05, 3.63) is 0 Å². The summed E-state index contributed by atoms with van der Waals surface area (Å²) in [5, 5.41) is 9.36. The molecule has 0 bridgehead atoms. The van der Waals surface area contributed by atoms with Gasteiger partial charge in [-0.15, -0.1) is 0 Å². The number of hydrogen-bond donors (Lipinski definition) is 1. The molecule has 0 fully saturated rings. The predicted octanol–water partition coefficient (Wildman–Crippen LogP) is 4.11. The van der Waals surface area contributed by atoms with Crippen LogP contribution >= 0.6 is 0 Å². The molecule has 0 amide bonds. The molecular formula is C24H49NaO4S. The summed E-state index contributed by atoms with van der Waals surface area (Å²) >= 11 is 0. The van der Waals surface area contributed by atoms with Crippen molar-refractivity contribution in [2.45, 2.75) is 154 Å². The van der Waals surface area contributed by atoms with Crippen molar-refractivity contribution in [1.82, 2.24) is 0 Å². The van der Waals surface area contributed by atoms with Crippen LogP contribution in [0.2, 0.25) is 0 Å². The maximum atomic E-state index is 11.5. The van der Waals surface area contributed by atoms with Gasteiger partial charge in [-0.05, 0) is 25.7 Å². The number of aliphatic hydroxyl groups is 1. The number of rotatable bonds is 22. The Morgan fingerprint density at radius 1 is 0.600 bits per heavy atom. The summed E-state index contributed by atoms with van der Waals surface area (Å²) in [6, 6.07) is 0. The first-order valence-electron chi connectivity index (χ1n) is 12.5.